The molecule has 0 saturated heterocycles. The molecule has 12 heavy (non-hydrogen) atoms. The van der Waals surface area contributed by atoms with Crippen LogP contribution in [0.3, 0.4) is 0 Å². The summed E-state index contributed by atoms with van der Waals surface area (Å²) in [6.07, 6.45) is 7.22. The Balaban J connectivity index is 3.78. The fourth-order valence-electron chi connectivity index (χ4n) is 1.08. The van der Waals surface area contributed by atoms with Gasteiger partial charge < -0.3 is 4.74 Å². The number of hydrogen-bond acceptors (Lipinski definition) is 2. The molecule has 1 unspecified atom stereocenters. The lowest BCUT2D eigenvalue weighted by Gasteiger charge is -2.34. The first-order chi connectivity index (χ1) is 5.37. The first-order valence-electron chi connectivity index (χ1n) is 4.34. The molecule has 2 nitrogen and oxygen atoms in total. The highest BCUT2D eigenvalue weighted by Gasteiger charge is 2.13. The Morgan fingerprint density at radius 1 is 1.33 bits per heavy atom. The average molecular weight is 193 g/mol. The Hall–Kier alpha value is 0.270. The number of nitrogens with zero attached hydrogens (tertiary/aromatic N) is 1. The molecule has 0 N–H and O–H groups in total. The van der Waals surface area contributed by atoms with Gasteiger partial charge in [0.25, 0.3) is 0 Å². The van der Waals surface area contributed by atoms with E-state index in [1.165, 1.54) is 0 Å². The summed E-state index contributed by atoms with van der Waals surface area (Å²) in [5.41, 5.74) is 0. The second kappa shape index (κ2) is 5.10. The summed E-state index contributed by atoms with van der Waals surface area (Å²) < 4.78 is 5.49. The van der Waals surface area contributed by atoms with Crippen molar-refractivity contribution in [3.63, 3.8) is 0 Å². The van der Waals surface area contributed by atoms with Crippen LogP contribution in [0.4, 0.5) is 0 Å². The Morgan fingerprint density at radius 2 is 1.83 bits per heavy atom. The van der Waals surface area contributed by atoms with Crippen molar-refractivity contribution in [2.24, 2.45) is 0 Å². The highest BCUT2D eigenvalue weighted by molar-refractivity contribution is 8.32. The van der Waals surface area contributed by atoms with Gasteiger partial charge in [-0.1, -0.05) is 0 Å². The quantitative estimate of drug-likeness (QED) is 0.619. The van der Waals surface area contributed by atoms with Crippen molar-refractivity contribution in [3.05, 3.63) is 0 Å². The fourth-order valence-corrected chi connectivity index (χ4v) is 2.52. The van der Waals surface area contributed by atoms with Crippen LogP contribution >= 0.6 is 10.0 Å². The van der Waals surface area contributed by atoms with Crippen LogP contribution in [0.1, 0.15) is 13.8 Å². The van der Waals surface area contributed by atoms with Gasteiger partial charge in [-0.25, -0.2) is 10.0 Å². The summed E-state index contributed by atoms with van der Waals surface area (Å²) in [7, 11) is 1.68. The van der Waals surface area contributed by atoms with Gasteiger partial charge in [-0.2, -0.15) is 0 Å². The predicted octanol–water partition coefficient (Wildman–Crippen LogP) is 1.95. The molecule has 76 valence electrons. The largest absolute Gasteiger partial charge is 0.364 e. The predicted molar refractivity (Wildman–Crippen MR) is 59.1 cm³/mol. The molecular weight excluding hydrogens is 170 g/mol. The van der Waals surface area contributed by atoms with E-state index >= 15 is 0 Å². The standard InChI is InChI=1S/C9H23NOS/c1-7-11-9(2)10(3)8-12(4,5)6/h9H,7-8H2,1-6H3. The Labute approximate surface area is 78.6 Å². The van der Waals surface area contributed by atoms with Crippen molar-refractivity contribution < 1.29 is 4.74 Å². The van der Waals surface area contributed by atoms with E-state index in [1.807, 2.05) is 6.92 Å². The summed E-state index contributed by atoms with van der Waals surface area (Å²) in [6.45, 7) is 4.94. The minimum absolute atomic E-state index is 0.252. The first kappa shape index (κ1) is 12.3. The Kier molecular flexibility index (Phi) is 5.21. The van der Waals surface area contributed by atoms with Crippen LogP contribution < -0.4 is 0 Å². The maximum atomic E-state index is 5.49. The molecule has 0 fully saturated rings. The van der Waals surface area contributed by atoms with Crippen LogP contribution in [0.15, 0.2) is 0 Å². The van der Waals surface area contributed by atoms with Gasteiger partial charge in [-0.15, -0.1) is 0 Å². The molecule has 0 aromatic heterocycles. The molecule has 3 heteroatoms. The monoisotopic (exact) mass is 193 g/mol. The van der Waals surface area contributed by atoms with E-state index in [4.69, 9.17) is 4.74 Å². The molecular formula is C9H23NOS. The van der Waals surface area contributed by atoms with E-state index in [0.717, 1.165) is 12.5 Å². The van der Waals surface area contributed by atoms with E-state index < -0.39 is 10.0 Å². The third kappa shape index (κ3) is 5.86. The Bertz CT molecular complexity index is 122. The number of rotatable bonds is 5. The van der Waals surface area contributed by atoms with Gasteiger partial charge in [0, 0.05) is 12.5 Å². The maximum Gasteiger partial charge on any atom is 0.108 e. The normalized spacial score (nSPS) is 16.6. The molecule has 0 aliphatic rings. The van der Waals surface area contributed by atoms with E-state index in [1.54, 1.807) is 0 Å². The van der Waals surface area contributed by atoms with Crippen molar-refractivity contribution in [3.8, 4) is 0 Å². The third-order valence-corrected chi connectivity index (χ3v) is 2.80. The van der Waals surface area contributed by atoms with Gasteiger partial charge in [0.1, 0.15) is 6.23 Å². The van der Waals surface area contributed by atoms with Crippen molar-refractivity contribution in [1.82, 2.24) is 4.90 Å². The minimum atomic E-state index is -0.441. The lowest BCUT2D eigenvalue weighted by Crippen LogP contribution is -2.33. The first-order valence-corrected chi connectivity index (χ1v) is 7.37. The van der Waals surface area contributed by atoms with Crippen molar-refractivity contribution in [1.29, 1.82) is 0 Å². The van der Waals surface area contributed by atoms with Crippen LogP contribution in [0, 0.1) is 0 Å². The summed E-state index contributed by atoms with van der Waals surface area (Å²) in [5, 5.41) is 0. The average Bonchev–Trinajstić information content (AvgIpc) is 1.84. The lowest BCUT2D eigenvalue weighted by molar-refractivity contribution is -0.0195. The molecule has 0 aliphatic carbocycles. The zero-order chi connectivity index (χ0) is 9.78. The molecule has 0 amide bonds. The number of ether oxygens (including phenoxy) is 1. The molecule has 1 atom stereocenters. The van der Waals surface area contributed by atoms with Gasteiger partial charge in [-0.05, 0) is 39.7 Å². The van der Waals surface area contributed by atoms with Gasteiger partial charge >= 0.3 is 0 Å². The van der Waals surface area contributed by atoms with Crippen molar-refractivity contribution in [2.45, 2.75) is 20.1 Å². The molecule has 0 saturated carbocycles. The summed E-state index contributed by atoms with van der Waals surface area (Å²) in [4.78, 5) is 2.28. The van der Waals surface area contributed by atoms with Crippen LogP contribution in [-0.2, 0) is 4.74 Å². The maximum absolute atomic E-state index is 5.49. The van der Waals surface area contributed by atoms with Gasteiger partial charge in [0.15, 0.2) is 0 Å². The van der Waals surface area contributed by atoms with Crippen LogP contribution in [0.25, 0.3) is 0 Å². The summed E-state index contributed by atoms with van der Waals surface area (Å²) >= 11 is 0. The lowest BCUT2D eigenvalue weighted by atomic mass is 10.6. The second-order valence-corrected chi connectivity index (χ2v) is 8.47. The van der Waals surface area contributed by atoms with Crippen molar-refractivity contribution >= 4 is 10.0 Å². The van der Waals surface area contributed by atoms with Crippen LogP contribution in [0.5, 0.6) is 0 Å². The summed E-state index contributed by atoms with van der Waals surface area (Å²) in [5.74, 6) is 1.15. The highest BCUT2D eigenvalue weighted by atomic mass is 32.3. The minimum Gasteiger partial charge on any atom is -0.364 e. The zero-order valence-electron chi connectivity index (χ0n) is 9.26. The smallest absolute Gasteiger partial charge is 0.108 e. The molecule has 0 spiro atoms. The Morgan fingerprint density at radius 3 is 2.17 bits per heavy atom. The third-order valence-electron chi connectivity index (χ3n) is 1.62. The van der Waals surface area contributed by atoms with E-state index in [-0.39, 0.29) is 6.23 Å². The summed E-state index contributed by atoms with van der Waals surface area (Å²) in [6, 6.07) is 0. The molecule has 0 aliphatic heterocycles. The topological polar surface area (TPSA) is 12.5 Å². The molecule has 0 heterocycles. The highest BCUT2D eigenvalue weighted by Crippen LogP contribution is 2.35. The van der Waals surface area contributed by atoms with Crippen LogP contribution in [0.2, 0.25) is 0 Å². The van der Waals surface area contributed by atoms with E-state index in [0.29, 0.717) is 0 Å². The van der Waals surface area contributed by atoms with Gasteiger partial charge in [0.05, 0.1) is 0 Å². The fraction of sp³-hybridized carbons (Fsp3) is 1.00. The van der Waals surface area contributed by atoms with Crippen LogP contribution in [-0.4, -0.2) is 49.4 Å². The second-order valence-electron chi connectivity index (χ2n) is 4.03. The molecule has 0 aromatic carbocycles. The zero-order valence-corrected chi connectivity index (χ0v) is 10.1. The number of hydrogen-bond donors (Lipinski definition) is 0. The van der Waals surface area contributed by atoms with E-state index in [2.05, 4.69) is 37.6 Å². The molecule has 0 aromatic rings. The van der Waals surface area contributed by atoms with Gasteiger partial charge in [0.2, 0.25) is 0 Å². The molecule has 0 radical (unpaired) electrons. The van der Waals surface area contributed by atoms with E-state index in [9.17, 15) is 0 Å². The van der Waals surface area contributed by atoms with Gasteiger partial charge in [-0.3, -0.25) is 4.90 Å². The van der Waals surface area contributed by atoms with Crippen molar-refractivity contribution in [2.75, 3.05) is 38.3 Å². The molecule has 0 bridgehead atoms. The SMILES string of the molecule is CCOC(C)N(C)CS(C)(C)C. The molecule has 0 rings (SSSR count).